The van der Waals surface area contributed by atoms with Crippen molar-refractivity contribution in [3.05, 3.63) is 33.6 Å². The molecule has 4 atom stereocenters. The number of carbonyl (C=O) groups is 1. The Hall–Kier alpha value is -2.79. The molecule has 4 N–H and O–H groups in total. The molecule has 1 aliphatic carbocycles. The number of fused-ring (bicyclic) bond motifs is 2. The van der Waals surface area contributed by atoms with Crippen molar-refractivity contribution in [1.29, 1.82) is 0 Å². The molecule has 0 spiro atoms. The summed E-state index contributed by atoms with van der Waals surface area (Å²) in [6.07, 6.45) is -0.631. The molecule has 2 aromatic rings. The Morgan fingerprint density at radius 1 is 1.30 bits per heavy atom. The average Bonchev–Trinajstić information content (AvgIpc) is 3.27. The summed E-state index contributed by atoms with van der Waals surface area (Å²) in [4.78, 5) is 25.6. The molecule has 1 aromatic carbocycles. The number of nitrogen functional groups attached to an aromatic ring is 1. The number of hydrogen-bond donors (Lipinski definition) is 3. The van der Waals surface area contributed by atoms with Crippen molar-refractivity contribution >= 4 is 28.2 Å². The molecule has 0 bridgehead atoms. The molecular formula is C19H19F3N4O4. The number of aromatic carboxylic acids is 1. The third kappa shape index (κ3) is 2.68. The van der Waals surface area contributed by atoms with Crippen LogP contribution in [0.3, 0.4) is 0 Å². The van der Waals surface area contributed by atoms with Gasteiger partial charge in [0.15, 0.2) is 11.6 Å². The molecule has 160 valence electrons. The zero-order valence-corrected chi connectivity index (χ0v) is 15.7. The number of morpholine rings is 1. The molecule has 0 radical (unpaired) electrons. The van der Waals surface area contributed by atoms with Gasteiger partial charge in [-0.05, 0) is 0 Å². The summed E-state index contributed by atoms with van der Waals surface area (Å²) in [6.45, 7) is 1.58. The minimum absolute atomic E-state index is 0.0364. The van der Waals surface area contributed by atoms with Crippen LogP contribution >= 0.6 is 0 Å². The van der Waals surface area contributed by atoms with Crippen LogP contribution in [0, 0.1) is 11.6 Å². The number of halogens is 3. The van der Waals surface area contributed by atoms with Gasteiger partial charge < -0.3 is 30.4 Å². The van der Waals surface area contributed by atoms with E-state index < -0.39 is 57.6 Å². The summed E-state index contributed by atoms with van der Waals surface area (Å²) < 4.78 is 51.5. The van der Waals surface area contributed by atoms with Gasteiger partial charge >= 0.3 is 5.97 Å². The van der Waals surface area contributed by atoms with E-state index in [0.717, 1.165) is 10.8 Å². The number of pyridine rings is 1. The number of alkyl halides is 1. The van der Waals surface area contributed by atoms with Crippen LogP contribution < -0.4 is 21.4 Å². The van der Waals surface area contributed by atoms with Crippen molar-refractivity contribution in [3.63, 3.8) is 0 Å². The second-order valence-electron chi connectivity index (χ2n) is 7.89. The number of benzene rings is 1. The van der Waals surface area contributed by atoms with E-state index in [2.05, 4.69) is 5.32 Å². The lowest BCUT2D eigenvalue weighted by atomic mass is 10.1. The van der Waals surface area contributed by atoms with Gasteiger partial charge in [0.05, 0.1) is 41.4 Å². The number of hydrogen-bond acceptors (Lipinski definition) is 6. The molecule has 3 aliphatic rings. The zero-order valence-electron chi connectivity index (χ0n) is 15.7. The molecule has 8 nitrogen and oxygen atoms in total. The molecule has 2 saturated heterocycles. The number of ether oxygens (including phenoxy) is 1. The Labute approximate surface area is 168 Å². The van der Waals surface area contributed by atoms with Crippen LogP contribution in [0.5, 0.6) is 0 Å². The predicted molar refractivity (Wildman–Crippen MR) is 102 cm³/mol. The quantitative estimate of drug-likeness (QED) is 0.631. The largest absolute Gasteiger partial charge is 0.477 e. The highest BCUT2D eigenvalue weighted by molar-refractivity contribution is 5.99. The molecular weight excluding hydrogens is 405 g/mol. The fourth-order valence-corrected chi connectivity index (χ4v) is 4.46. The van der Waals surface area contributed by atoms with Gasteiger partial charge in [0.1, 0.15) is 17.4 Å². The number of rotatable bonds is 3. The predicted octanol–water partition coefficient (Wildman–Crippen LogP) is 1.02. The van der Waals surface area contributed by atoms with Crippen molar-refractivity contribution in [2.45, 2.75) is 30.8 Å². The first kappa shape index (κ1) is 19.2. The molecule has 1 saturated carbocycles. The normalized spacial score (nSPS) is 28.0. The second kappa shape index (κ2) is 6.61. The molecule has 0 amide bonds. The summed E-state index contributed by atoms with van der Waals surface area (Å²) >= 11 is 0. The Morgan fingerprint density at radius 2 is 2.03 bits per heavy atom. The number of nitrogens with one attached hydrogen (secondary N) is 1. The number of aromatic nitrogens is 1. The summed E-state index contributed by atoms with van der Waals surface area (Å²) in [6, 6.07) is -0.964. The molecule has 30 heavy (non-hydrogen) atoms. The van der Waals surface area contributed by atoms with Crippen LogP contribution in [0.1, 0.15) is 22.8 Å². The lowest BCUT2D eigenvalue weighted by Crippen LogP contribution is -2.47. The fourth-order valence-electron chi connectivity index (χ4n) is 4.46. The molecule has 3 heterocycles. The number of anilines is 2. The SMILES string of the molecule is Nc1c(F)c(N2C[C@@H]3OCCN[C@@H]3C2)c(F)c2c1c(=O)c(C(=O)O)cn2[C@@H]1C[C@@H]1F. The highest BCUT2D eigenvalue weighted by atomic mass is 19.1. The summed E-state index contributed by atoms with van der Waals surface area (Å²) in [5.41, 5.74) is 2.60. The van der Waals surface area contributed by atoms with E-state index in [-0.39, 0.29) is 37.2 Å². The van der Waals surface area contributed by atoms with Crippen molar-refractivity contribution in [3.8, 4) is 0 Å². The van der Waals surface area contributed by atoms with Gasteiger partial charge in [-0.1, -0.05) is 0 Å². The van der Waals surface area contributed by atoms with E-state index in [1.807, 2.05) is 0 Å². The first-order valence-corrected chi connectivity index (χ1v) is 9.62. The van der Waals surface area contributed by atoms with Crippen molar-refractivity contribution in [2.24, 2.45) is 0 Å². The topological polar surface area (TPSA) is 110 Å². The van der Waals surface area contributed by atoms with Gasteiger partial charge in [0.2, 0.25) is 5.43 Å². The zero-order chi connectivity index (χ0) is 21.3. The van der Waals surface area contributed by atoms with Crippen LogP contribution in [-0.2, 0) is 4.74 Å². The number of nitrogens with zero attached hydrogens (tertiary/aromatic N) is 2. The number of carboxylic acids is 1. The van der Waals surface area contributed by atoms with Gasteiger partial charge in [0.25, 0.3) is 0 Å². The third-order valence-corrected chi connectivity index (χ3v) is 6.06. The van der Waals surface area contributed by atoms with Gasteiger partial charge in [-0.15, -0.1) is 0 Å². The molecule has 5 rings (SSSR count). The summed E-state index contributed by atoms with van der Waals surface area (Å²) in [7, 11) is 0. The van der Waals surface area contributed by atoms with E-state index in [1.54, 1.807) is 0 Å². The van der Waals surface area contributed by atoms with Crippen molar-refractivity contribution in [2.75, 3.05) is 36.9 Å². The molecule has 11 heteroatoms. The highest BCUT2D eigenvalue weighted by Crippen LogP contribution is 2.44. The minimum atomic E-state index is -1.58. The van der Waals surface area contributed by atoms with Crippen LogP contribution in [-0.4, -0.2) is 60.2 Å². The Bertz CT molecular complexity index is 1120. The van der Waals surface area contributed by atoms with Crippen LogP contribution in [0.4, 0.5) is 24.5 Å². The van der Waals surface area contributed by atoms with E-state index >= 15 is 8.78 Å². The minimum Gasteiger partial charge on any atom is -0.477 e. The van der Waals surface area contributed by atoms with E-state index in [4.69, 9.17) is 10.5 Å². The van der Waals surface area contributed by atoms with Gasteiger partial charge in [-0.25, -0.2) is 18.0 Å². The first-order valence-electron chi connectivity index (χ1n) is 9.62. The molecule has 1 aromatic heterocycles. The second-order valence-corrected chi connectivity index (χ2v) is 7.89. The van der Waals surface area contributed by atoms with Crippen molar-refractivity contribution < 1.29 is 27.8 Å². The lowest BCUT2D eigenvalue weighted by Gasteiger charge is -2.25. The van der Waals surface area contributed by atoms with Gasteiger partial charge in [-0.2, -0.15) is 0 Å². The van der Waals surface area contributed by atoms with E-state index in [9.17, 15) is 19.1 Å². The summed E-state index contributed by atoms with van der Waals surface area (Å²) in [5.74, 6) is -3.79. The highest BCUT2D eigenvalue weighted by Gasteiger charge is 2.43. The third-order valence-electron chi connectivity index (χ3n) is 6.06. The molecule has 2 aliphatic heterocycles. The monoisotopic (exact) mass is 424 g/mol. The lowest BCUT2D eigenvalue weighted by molar-refractivity contribution is 0.0212. The first-order chi connectivity index (χ1) is 14.3. The standard InChI is InChI=1S/C19H19F3N4O4/c20-8-3-10(8)26-4-7(19(28)29)18(27)12-15(23)13(21)17(14(22)16(12)26)25-5-9-11(6-25)30-2-1-24-9/h4,8-11,24H,1-3,5-6,23H2,(H,28,29)/t8-,9+,10+,11-/m0/s1. The maximum absolute atomic E-state index is 15.7. The molecule has 3 fully saturated rings. The van der Waals surface area contributed by atoms with Crippen LogP contribution in [0.15, 0.2) is 11.0 Å². The Kier molecular flexibility index (Phi) is 4.23. The Balaban J connectivity index is 1.75. The maximum Gasteiger partial charge on any atom is 0.341 e. The van der Waals surface area contributed by atoms with Crippen LogP contribution in [0.25, 0.3) is 10.9 Å². The smallest absolute Gasteiger partial charge is 0.341 e. The van der Waals surface area contributed by atoms with Crippen LogP contribution in [0.2, 0.25) is 0 Å². The molecule has 0 unspecified atom stereocenters. The van der Waals surface area contributed by atoms with E-state index in [0.29, 0.717) is 13.2 Å². The van der Waals surface area contributed by atoms with Gasteiger partial charge in [-0.3, -0.25) is 4.79 Å². The van der Waals surface area contributed by atoms with E-state index in [1.165, 1.54) is 4.90 Å². The van der Waals surface area contributed by atoms with Gasteiger partial charge in [0, 0.05) is 32.3 Å². The number of carboxylic acid groups (broad SMARTS) is 1. The number of nitrogens with two attached hydrogens (primary N) is 1. The Morgan fingerprint density at radius 3 is 2.67 bits per heavy atom. The van der Waals surface area contributed by atoms with Crippen molar-refractivity contribution in [1.82, 2.24) is 9.88 Å². The average molecular weight is 424 g/mol. The maximum atomic E-state index is 15.7. The summed E-state index contributed by atoms with van der Waals surface area (Å²) in [5, 5.41) is 12.0. The fraction of sp³-hybridized carbons (Fsp3) is 0.474.